The van der Waals surface area contributed by atoms with Gasteiger partial charge in [0.25, 0.3) is 15.9 Å². The van der Waals surface area contributed by atoms with Crippen molar-refractivity contribution in [1.29, 1.82) is 0 Å². The third-order valence-electron chi connectivity index (χ3n) is 4.15. The first-order valence-corrected chi connectivity index (χ1v) is 10.8. The van der Waals surface area contributed by atoms with Gasteiger partial charge in [0.2, 0.25) is 0 Å². The number of nitrogens with zero attached hydrogens (tertiary/aromatic N) is 1. The number of ether oxygens (including phenoxy) is 1. The largest absolute Gasteiger partial charge is 0.497 e. The zero-order chi connectivity index (χ0) is 20.4. The predicted octanol–water partition coefficient (Wildman–Crippen LogP) is 3.69. The summed E-state index contributed by atoms with van der Waals surface area (Å²) in [4.78, 5) is 19.5. The maximum Gasteiger partial charge on any atom is 0.272 e. The molecule has 0 saturated heterocycles. The normalized spacial score (nSPS) is 11.3. The Balaban J connectivity index is 1.49. The minimum absolute atomic E-state index is 0.0726. The van der Waals surface area contributed by atoms with Gasteiger partial charge in [-0.15, -0.1) is 11.3 Å². The molecule has 0 saturated carbocycles. The number of benzene rings is 2. The van der Waals surface area contributed by atoms with Gasteiger partial charge in [0, 0.05) is 28.2 Å². The van der Waals surface area contributed by atoms with E-state index in [0.717, 1.165) is 10.9 Å². The van der Waals surface area contributed by atoms with E-state index in [2.05, 4.69) is 20.0 Å². The van der Waals surface area contributed by atoms with Crippen molar-refractivity contribution in [2.24, 2.45) is 0 Å². The van der Waals surface area contributed by atoms with Crippen LogP contribution in [-0.2, 0) is 10.0 Å². The number of rotatable bonds is 6. The average Bonchev–Trinajstić information content (AvgIpc) is 3.36. The van der Waals surface area contributed by atoms with Crippen molar-refractivity contribution >= 4 is 49.0 Å². The molecule has 2 heterocycles. The van der Waals surface area contributed by atoms with Gasteiger partial charge in [-0.25, -0.2) is 13.4 Å². The molecule has 1 amide bonds. The van der Waals surface area contributed by atoms with Crippen LogP contribution < -0.4 is 14.8 Å². The van der Waals surface area contributed by atoms with E-state index in [1.165, 1.54) is 41.8 Å². The van der Waals surface area contributed by atoms with Crippen molar-refractivity contribution in [2.75, 3.05) is 17.1 Å². The molecule has 0 unspecified atom stereocenters. The number of sulfonamides is 1. The van der Waals surface area contributed by atoms with Gasteiger partial charge in [0.15, 0.2) is 5.13 Å². The number of carbonyl (C=O) groups excluding carboxylic acids is 1. The number of thiazole rings is 1. The Labute approximate surface area is 170 Å². The zero-order valence-corrected chi connectivity index (χ0v) is 16.8. The number of fused-ring (bicyclic) bond motifs is 1. The summed E-state index contributed by atoms with van der Waals surface area (Å²) < 4.78 is 32.3. The molecule has 2 aromatic heterocycles. The topological polar surface area (TPSA) is 113 Å². The van der Waals surface area contributed by atoms with Gasteiger partial charge < -0.3 is 15.0 Å². The van der Waals surface area contributed by atoms with Gasteiger partial charge in [-0.2, -0.15) is 0 Å². The van der Waals surface area contributed by atoms with Gasteiger partial charge in [-0.05, 0) is 48.5 Å². The smallest absolute Gasteiger partial charge is 0.272 e. The van der Waals surface area contributed by atoms with E-state index in [9.17, 15) is 13.2 Å². The zero-order valence-electron chi connectivity index (χ0n) is 15.2. The molecule has 3 N–H and O–H groups in total. The van der Waals surface area contributed by atoms with Crippen molar-refractivity contribution in [2.45, 2.75) is 4.90 Å². The maximum absolute atomic E-state index is 12.5. The third-order valence-corrected chi connectivity index (χ3v) is 6.32. The van der Waals surface area contributed by atoms with Crippen LogP contribution in [-0.4, -0.2) is 31.4 Å². The van der Waals surface area contributed by atoms with E-state index in [1.54, 1.807) is 24.6 Å². The SMILES string of the molecule is COc1ccc2[nH]c(C(=O)Nc3ccc(S(=O)(=O)Nc4nccs4)cc3)cc2c1. The molecular weight excluding hydrogens is 412 g/mol. The monoisotopic (exact) mass is 428 g/mol. The number of aromatic amines is 1. The highest BCUT2D eigenvalue weighted by atomic mass is 32.2. The number of nitrogens with one attached hydrogen (secondary N) is 3. The summed E-state index contributed by atoms with van der Waals surface area (Å²) in [5.74, 6) is 0.364. The number of anilines is 2. The third kappa shape index (κ3) is 4.08. The highest BCUT2D eigenvalue weighted by Crippen LogP contribution is 2.23. The molecule has 4 aromatic rings. The number of carbonyl (C=O) groups is 1. The Bertz CT molecular complexity index is 1260. The molecule has 8 nitrogen and oxygen atoms in total. The number of hydrogen-bond acceptors (Lipinski definition) is 6. The molecule has 29 heavy (non-hydrogen) atoms. The fourth-order valence-electron chi connectivity index (χ4n) is 2.72. The lowest BCUT2D eigenvalue weighted by Crippen LogP contribution is -2.14. The van der Waals surface area contributed by atoms with Crippen LogP contribution in [0.15, 0.2) is 65.0 Å². The van der Waals surface area contributed by atoms with Crippen molar-refractivity contribution in [3.05, 3.63) is 65.8 Å². The molecule has 0 spiro atoms. The number of methoxy groups -OCH3 is 1. The molecule has 0 atom stereocenters. The first-order chi connectivity index (χ1) is 13.9. The lowest BCUT2D eigenvalue weighted by Gasteiger charge is -2.07. The van der Waals surface area contributed by atoms with E-state index in [-0.39, 0.29) is 15.9 Å². The summed E-state index contributed by atoms with van der Waals surface area (Å²) >= 11 is 1.19. The first kappa shape index (κ1) is 19.0. The van der Waals surface area contributed by atoms with Crippen LogP contribution in [0.2, 0.25) is 0 Å². The molecule has 0 aliphatic carbocycles. The first-order valence-electron chi connectivity index (χ1n) is 8.45. The molecule has 4 rings (SSSR count). The van der Waals surface area contributed by atoms with E-state index < -0.39 is 10.0 Å². The summed E-state index contributed by atoms with van der Waals surface area (Å²) in [6.07, 6.45) is 1.52. The van der Waals surface area contributed by atoms with Crippen molar-refractivity contribution < 1.29 is 17.9 Å². The molecular formula is C19H16N4O4S2. The number of H-pyrrole nitrogens is 1. The van der Waals surface area contributed by atoms with Crippen LogP contribution in [0.25, 0.3) is 10.9 Å². The highest BCUT2D eigenvalue weighted by Gasteiger charge is 2.16. The van der Waals surface area contributed by atoms with Crippen LogP contribution >= 0.6 is 11.3 Å². The minimum atomic E-state index is -3.74. The van der Waals surface area contributed by atoms with Gasteiger partial charge in [-0.1, -0.05) is 0 Å². The van der Waals surface area contributed by atoms with Crippen LogP contribution in [0.5, 0.6) is 5.75 Å². The van der Waals surface area contributed by atoms with Crippen LogP contribution in [0.4, 0.5) is 10.8 Å². The fourth-order valence-corrected chi connectivity index (χ4v) is 4.51. The minimum Gasteiger partial charge on any atom is -0.497 e. The second-order valence-electron chi connectivity index (χ2n) is 6.06. The van der Waals surface area contributed by atoms with Gasteiger partial charge in [0.1, 0.15) is 11.4 Å². The Morgan fingerprint density at radius 2 is 1.93 bits per heavy atom. The highest BCUT2D eigenvalue weighted by molar-refractivity contribution is 7.93. The Hall–Kier alpha value is -3.37. The Morgan fingerprint density at radius 3 is 2.62 bits per heavy atom. The standard InChI is InChI=1S/C19H16N4O4S2/c1-27-14-4-7-16-12(10-14)11-17(22-16)18(24)21-13-2-5-15(6-3-13)29(25,26)23-19-20-8-9-28-19/h2-11,22H,1H3,(H,20,23)(H,21,24). The maximum atomic E-state index is 12.5. The van der Waals surface area contributed by atoms with E-state index in [4.69, 9.17) is 4.74 Å². The summed E-state index contributed by atoms with van der Waals surface area (Å²) in [5.41, 5.74) is 1.67. The molecule has 148 valence electrons. The van der Waals surface area contributed by atoms with Gasteiger partial charge in [-0.3, -0.25) is 9.52 Å². The molecule has 0 bridgehead atoms. The van der Waals surface area contributed by atoms with Crippen LogP contribution in [0.3, 0.4) is 0 Å². The summed E-state index contributed by atoms with van der Waals surface area (Å²) in [5, 5.41) is 5.56. The lowest BCUT2D eigenvalue weighted by molar-refractivity contribution is 0.102. The molecule has 0 radical (unpaired) electrons. The summed E-state index contributed by atoms with van der Waals surface area (Å²) in [6.45, 7) is 0. The number of amides is 1. The summed E-state index contributed by atoms with van der Waals surface area (Å²) in [7, 11) is -2.16. The Morgan fingerprint density at radius 1 is 1.14 bits per heavy atom. The van der Waals surface area contributed by atoms with Crippen LogP contribution in [0.1, 0.15) is 10.5 Å². The number of hydrogen-bond donors (Lipinski definition) is 3. The lowest BCUT2D eigenvalue weighted by atomic mass is 10.2. The Kier molecular flexibility index (Phi) is 4.95. The van der Waals surface area contributed by atoms with Gasteiger partial charge >= 0.3 is 0 Å². The van der Waals surface area contributed by atoms with E-state index in [1.807, 2.05) is 12.1 Å². The average molecular weight is 428 g/mol. The van der Waals surface area contributed by atoms with Crippen molar-refractivity contribution in [3.63, 3.8) is 0 Å². The second kappa shape index (κ2) is 7.57. The molecule has 0 aliphatic rings. The van der Waals surface area contributed by atoms with Crippen LogP contribution in [0, 0.1) is 0 Å². The number of aromatic nitrogens is 2. The van der Waals surface area contributed by atoms with Crippen molar-refractivity contribution in [1.82, 2.24) is 9.97 Å². The molecule has 10 heteroatoms. The van der Waals surface area contributed by atoms with Crippen molar-refractivity contribution in [3.8, 4) is 5.75 Å². The van der Waals surface area contributed by atoms with E-state index >= 15 is 0 Å². The fraction of sp³-hybridized carbons (Fsp3) is 0.0526. The van der Waals surface area contributed by atoms with Gasteiger partial charge in [0.05, 0.1) is 12.0 Å². The summed E-state index contributed by atoms with van der Waals surface area (Å²) in [6, 6.07) is 13.1. The predicted molar refractivity (Wildman–Crippen MR) is 112 cm³/mol. The molecule has 2 aromatic carbocycles. The molecule has 0 fully saturated rings. The second-order valence-corrected chi connectivity index (χ2v) is 8.63. The van der Waals surface area contributed by atoms with E-state index in [0.29, 0.717) is 17.1 Å². The molecule has 0 aliphatic heterocycles. The quantitative estimate of drug-likeness (QED) is 0.433.